The van der Waals surface area contributed by atoms with Crippen molar-refractivity contribution in [3.8, 4) is 0 Å². The molecule has 1 amide bonds. The normalized spacial score (nSPS) is 24.5. The third-order valence-corrected chi connectivity index (χ3v) is 3.73. The maximum Gasteiger partial charge on any atom is 0.335 e. The van der Waals surface area contributed by atoms with Gasteiger partial charge in [0.25, 0.3) is 0 Å². The van der Waals surface area contributed by atoms with Crippen LogP contribution < -0.4 is 5.32 Å². The molecule has 0 saturated carbocycles. The number of hydrogen-bond acceptors (Lipinski definition) is 4. The van der Waals surface area contributed by atoms with Crippen molar-refractivity contribution in [2.45, 2.75) is 38.5 Å². The molecule has 2 atom stereocenters. The zero-order valence-corrected chi connectivity index (χ0v) is 12.8. The van der Waals surface area contributed by atoms with Gasteiger partial charge < -0.3 is 15.2 Å². The Morgan fingerprint density at radius 3 is 2.55 bits per heavy atom. The molecular weight excluding hydrogens is 282 g/mol. The number of rotatable bonds is 5. The van der Waals surface area contributed by atoms with E-state index < -0.39 is 23.5 Å². The molecule has 1 aliphatic heterocycles. The smallest absolute Gasteiger partial charge is 0.335 e. The van der Waals surface area contributed by atoms with Gasteiger partial charge in [0, 0.05) is 5.57 Å². The van der Waals surface area contributed by atoms with Crippen molar-refractivity contribution in [1.82, 2.24) is 5.32 Å². The minimum absolute atomic E-state index is 0.00249. The largest absolute Gasteiger partial charge is 0.459 e. The molecule has 1 aliphatic rings. The van der Waals surface area contributed by atoms with Gasteiger partial charge in [-0.05, 0) is 17.9 Å². The average molecular weight is 303 g/mol. The van der Waals surface area contributed by atoms with Crippen LogP contribution in [-0.2, 0) is 20.9 Å². The minimum Gasteiger partial charge on any atom is -0.459 e. The number of aliphatic hydroxyl groups excluding tert-OH is 1. The zero-order valence-electron chi connectivity index (χ0n) is 12.8. The summed E-state index contributed by atoms with van der Waals surface area (Å²) in [6.07, 6.45) is -0.988. The maximum absolute atomic E-state index is 12.5. The highest BCUT2D eigenvalue weighted by Gasteiger charge is 2.55. The van der Waals surface area contributed by atoms with E-state index in [4.69, 9.17) is 4.74 Å². The number of aliphatic hydroxyl groups is 1. The number of nitrogens with one attached hydrogen (secondary N) is 1. The first-order chi connectivity index (χ1) is 10.4. The molecule has 118 valence electrons. The third kappa shape index (κ3) is 3.04. The van der Waals surface area contributed by atoms with Crippen LogP contribution in [0.5, 0.6) is 0 Å². The SMILES string of the molecule is C=C1C(=O)N[C@@](CC(C)C)(C(=O)OCc2ccccc2)[C@H]1O. The Morgan fingerprint density at radius 1 is 1.41 bits per heavy atom. The highest BCUT2D eigenvalue weighted by molar-refractivity contribution is 6.04. The summed E-state index contributed by atoms with van der Waals surface area (Å²) in [5.74, 6) is -1.06. The van der Waals surface area contributed by atoms with E-state index in [0.29, 0.717) is 0 Å². The van der Waals surface area contributed by atoms with Gasteiger partial charge in [0.1, 0.15) is 12.7 Å². The van der Waals surface area contributed by atoms with Gasteiger partial charge in [0.05, 0.1) is 0 Å². The Morgan fingerprint density at radius 2 is 2.05 bits per heavy atom. The van der Waals surface area contributed by atoms with Crippen molar-refractivity contribution in [3.05, 3.63) is 48.0 Å². The van der Waals surface area contributed by atoms with Gasteiger partial charge in [-0.25, -0.2) is 4.79 Å². The quantitative estimate of drug-likeness (QED) is 0.639. The van der Waals surface area contributed by atoms with Gasteiger partial charge in [-0.3, -0.25) is 4.79 Å². The lowest BCUT2D eigenvalue weighted by atomic mass is 9.84. The van der Waals surface area contributed by atoms with E-state index in [1.54, 1.807) is 0 Å². The molecule has 0 spiro atoms. The fraction of sp³-hybridized carbons (Fsp3) is 0.412. The van der Waals surface area contributed by atoms with E-state index >= 15 is 0 Å². The molecule has 1 saturated heterocycles. The standard InChI is InChI=1S/C17H21NO4/c1-11(2)9-17(14(19)12(3)15(20)18-17)16(21)22-10-13-7-5-4-6-8-13/h4-8,11,14,19H,3,9-10H2,1-2H3,(H,18,20)/t14-,17+/m0/s1. The summed E-state index contributed by atoms with van der Waals surface area (Å²) in [5, 5.41) is 12.9. The van der Waals surface area contributed by atoms with Crippen LogP contribution in [0, 0.1) is 5.92 Å². The summed E-state index contributed by atoms with van der Waals surface area (Å²) in [6.45, 7) is 7.46. The van der Waals surface area contributed by atoms with Crippen LogP contribution in [0.2, 0.25) is 0 Å². The van der Waals surface area contributed by atoms with Crippen LogP contribution in [-0.4, -0.2) is 28.6 Å². The predicted octanol–water partition coefficient (Wildman–Crippen LogP) is 1.56. The summed E-state index contributed by atoms with van der Waals surface area (Å²) in [4.78, 5) is 24.3. The van der Waals surface area contributed by atoms with Crippen LogP contribution in [0.3, 0.4) is 0 Å². The lowest BCUT2D eigenvalue weighted by Gasteiger charge is -2.31. The first-order valence-corrected chi connectivity index (χ1v) is 7.27. The molecule has 2 rings (SSSR count). The zero-order chi connectivity index (χ0) is 16.3. The van der Waals surface area contributed by atoms with Crippen molar-refractivity contribution < 1.29 is 19.4 Å². The molecule has 1 fully saturated rings. The number of hydrogen-bond donors (Lipinski definition) is 2. The topological polar surface area (TPSA) is 75.6 Å². The van der Waals surface area contributed by atoms with E-state index in [2.05, 4.69) is 11.9 Å². The molecule has 1 aromatic carbocycles. The van der Waals surface area contributed by atoms with E-state index in [1.165, 1.54) is 0 Å². The molecule has 0 bridgehead atoms. The van der Waals surface area contributed by atoms with Gasteiger partial charge in [-0.15, -0.1) is 0 Å². The summed E-state index contributed by atoms with van der Waals surface area (Å²) in [7, 11) is 0. The fourth-order valence-electron chi connectivity index (χ4n) is 2.68. The van der Waals surface area contributed by atoms with E-state index in [9.17, 15) is 14.7 Å². The molecule has 1 aromatic rings. The first kappa shape index (κ1) is 16.2. The van der Waals surface area contributed by atoms with E-state index in [1.807, 2.05) is 44.2 Å². The van der Waals surface area contributed by atoms with Crippen molar-refractivity contribution in [3.63, 3.8) is 0 Å². The molecule has 22 heavy (non-hydrogen) atoms. The predicted molar refractivity (Wildman–Crippen MR) is 81.7 cm³/mol. The van der Waals surface area contributed by atoms with Crippen molar-refractivity contribution >= 4 is 11.9 Å². The number of ether oxygens (including phenoxy) is 1. The Hall–Kier alpha value is -2.14. The summed E-state index contributed by atoms with van der Waals surface area (Å²) < 4.78 is 5.33. The van der Waals surface area contributed by atoms with Crippen LogP contribution in [0.1, 0.15) is 25.8 Å². The van der Waals surface area contributed by atoms with Gasteiger partial charge in [0.15, 0.2) is 5.54 Å². The average Bonchev–Trinajstić information content (AvgIpc) is 2.70. The Labute approximate surface area is 130 Å². The van der Waals surface area contributed by atoms with E-state index in [0.717, 1.165) is 5.56 Å². The van der Waals surface area contributed by atoms with E-state index in [-0.39, 0.29) is 24.5 Å². The molecule has 5 nitrogen and oxygen atoms in total. The van der Waals surface area contributed by atoms with Crippen molar-refractivity contribution in [2.75, 3.05) is 0 Å². The lowest BCUT2D eigenvalue weighted by Crippen LogP contribution is -2.57. The van der Waals surface area contributed by atoms with Crippen LogP contribution in [0.25, 0.3) is 0 Å². The maximum atomic E-state index is 12.5. The molecule has 0 unspecified atom stereocenters. The molecule has 0 aromatic heterocycles. The van der Waals surface area contributed by atoms with Gasteiger partial charge in [-0.2, -0.15) is 0 Å². The number of esters is 1. The summed E-state index contributed by atoms with van der Waals surface area (Å²) in [5.41, 5.74) is -0.609. The molecule has 0 radical (unpaired) electrons. The monoisotopic (exact) mass is 303 g/mol. The number of carbonyl (C=O) groups excluding carboxylic acids is 2. The minimum atomic E-state index is -1.45. The summed E-state index contributed by atoms with van der Waals surface area (Å²) in [6, 6.07) is 9.24. The Balaban J connectivity index is 2.17. The van der Waals surface area contributed by atoms with Gasteiger partial charge >= 0.3 is 5.97 Å². The second-order valence-corrected chi connectivity index (χ2v) is 6.01. The van der Waals surface area contributed by atoms with Crippen molar-refractivity contribution in [2.24, 2.45) is 5.92 Å². The number of amides is 1. The second-order valence-electron chi connectivity index (χ2n) is 6.01. The Kier molecular flexibility index (Phi) is 4.66. The second kappa shape index (κ2) is 6.32. The van der Waals surface area contributed by atoms with Gasteiger partial charge in [0.2, 0.25) is 5.91 Å². The number of benzene rings is 1. The molecule has 1 heterocycles. The van der Waals surface area contributed by atoms with Crippen LogP contribution >= 0.6 is 0 Å². The highest BCUT2D eigenvalue weighted by Crippen LogP contribution is 2.32. The lowest BCUT2D eigenvalue weighted by molar-refractivity contribution is -0.157. The fourth-order valence-corrected chi connectivity index (χ4v) is 2.68. The van der Waals surface area contributed by atoms with Gasteiger partial charge in [-0.1, -0.05) is 50.8 Å². The molecule has 5 heteroatoms. The van der Waals surface area contributed by atoms with Crippen LogP contribution in [0.15, 0.2) is 42.5 Å². The molecular formula is C17H21NO4. The van der Waals surface area contributed by atoms with Crippen LogP contribution in [0.4, 0.5) is 0 Å². The number of carbonyl (C=O) groups is 2. The Bertz CT molecular complexity index is 582. The highest BCUT2D eigenvalue weighted by atomic mass is 16.5. The van der Waals surface area contributed by atoms with Crippen molar-refractivity contribution in [1.29, 1.82) is 0 Å². The molecule has 0 aliphatic carbocycles. The molecule has 2 N–H and O–H groups in total. The summed E-state index contributed by atoms with van der Waals surface area (Å²) >= 11 is 0. The first-order valence-electron chi connectivity index (χ1n) is 7.27. The third-order valence-electron chi connectivity index (χ3n) is 3.73.